The molecular weight excluding hydrogens is 214 g/mol. The van der Waals surface area contributed by atoms with Crippen LogP contribution in [0, 0.1) is 6.92 Å². The Morgan fingerprint density at radius 1 is 1.12 bits per heavy atom. The quantitative estimate of drug-likeness (QED) is 0.786. The number of hydrogen-bond acceptors (Lipinski definition) is 3. The van der Waals surface area contributed by atoms with Crippen molar-refractivity contribution >= 4 is 0 Å². The summed E-state index contributed by atoms with van der Waals surface area (Å²) in [5, 5.41) is 0. The Balaban J connectivity index is 3.04. The van der Waals surface area contributed by atoms with Gasteiger partial charge in [0, 0.05) is 18.2 Å². The van der Waals surface area contributed by atoms with Crippen molar-refractivity contribution in [1.29, 1.82) is 0 Å². The molecule has 0 atom stereocenters. The molecule has 17 heavy (non-hydrogen) atoms. The van der Waals surface area contributed by atoms with Gasteiger partial charge in [0.05, 0.1) is 14.2 Å². The Morgan fingerprint density at radius 3 is 2.18 bits per heavy atom. The molecule has 0 heterocycles. The normalized spacial score (nSPS) is 11.1. The minimum absolute atomic E-state index is 0.506. The summed E-state index contributed by atoms with van der Waals surface area (Å²) < 4.78 is 10.8. The molecule has 0 amide bonds. The van der Waals surface area contributed by atoms with Gasteiger partial charge in [-0.05, 0) is 45.5 Å². The zero-order chi connectivity index (χ0) is 13.0. The molecule has 0 unspecified atom stereocenters. The Labute approximate surface area is 104 Å². The van der Waals surface area contributed by atoms with Gasteiger partial charge in [-0.3, -0.25) is 4.90 Å². The lowest BCUT2D eigenvalue weighted by Crippen LogP contribution is -2.25. The van der Waals surface area contributed by atoms with Gasteiger partial charge in [0.1, 0.15) is 11.5 Å². The minimum Gasteiger partial charge on any atom is -0.496 e. The van der Waals surface area contributed by atoms with E-state index in [2.05, 4.69) is 31.9 Å². The van der Waals surface area contributed by atoms with E-state index in [1.165, 1.54) is 0 Å². The van der Waals surface area contributed by atoms with E-state index in [-0.39, 0.29) is 0 Å². The van der Waals surface area contributed by atoms with Crippen LogP contribution in [-0.2, 0) is 6.54 Å². The molecule has 1 aromatic rings. The lowest BCUT2D eigenvalue weighted by atomic mass is 10.1. The van der Waals surface area contributed by atoms with Gasteiger partial charge in [-0.2, -0.15) is 0 Å². The van der Waals surface area contributed by atoms with Gasteiger partial charge in [-0.1, -0.05) is 0 Å². The van der Waals surface area contributed by atoms with Crippen molar-refractivity contribution in [2.24, 2.45) is 0 Å². The summed E-state index contributed by atoms with van der Waals surface area (Å²) in [7, 11) is 5.52. The standard InChI is InChI=1S/C14H23NO2/c1-10(2)15(4)9-12-8-13(16-5)11(3)7-14(12)17-6/h7-8,10H,9H2,1-6H3. The Bertz CT molecular complexity index is 375. The Morgan fingerprint density at radius 2 is 1.71 bits per heavy atom. The van der Waals surface area contributed by atoms with Crippen molar-refractivity contribution in [3.05, 3.63) is 23.3 Å². The van der Waals surface area contributed by atoms with Crippen LogP contribution < -0.4 is 9.47 Å². The smallest absolute Gasteiger partial charge is 0.123 e. The molecule has 0 N–H and O–H groups in total. The Hall–Kier alpha value is -1.22. The van der Waals surface area contributed by atoms with Crippen LogP contribution in [0.15, 0.2) is 12.1 Å². The highest BCUT2D eigenvalue weighted by atomic mass is 16.5. The number of hydrogen-bond donors (Lipinski definition) is 0. The van der Waals surface area contributed by atoms with E-state index in [4.69, 9.17) is 9.47 Å². The number of nitrogens with zero attached hydrogens (tertiary/aromatic N) is 1. The fraction of sp³-hybridized carbons (Fsp3) is 0.571. The molecule has 3 nitrogen and oxygen atoms in total. The third-order valence-corrected chi connectivity index (χ3v) is 3.10. The van der Waals surface area contributed by atoms with Gasteiger partial charge in [-0.15, -0.1) is 0 Å². The number of benzene rings is 1. The summed E-state index contributed by atoms with van der Waals surface area (Å²) in [6, 6.07) is 4.60. The highest BCUT2D eigenvalue weighted by molar-refractivity contribution is 5.45. The van der Waals surface area contributed by atoms with E-state index in [1.807, 2.05) is 13.0 Å². The number of aryl methyl sites for hydroxylation is 1. The number of rotatable bonds is 5. The first kappa shape index (κ1) is 13.8. The van der Waals surface area contributed by atoms with Crippen LogP contribution in [0.2, 0.25) is 0 Å². The van der Waals surface area contributed by atoms with E-state index in [1.54, 1.807) is 14.2 Å². The van der Waals surface area contributed by atoms with E-state index < -0.39 is 0 Å². The van der Waals surface area contributed by atoms with E-state index in [0.29, 0.717) is 6.04 Å². The molecule has 0 radical (unpaired) electrons. The van der Waals surface area contributed by atoms with Crippen molar-refractivity contribution < 1.29 is 9.47 Å². The van der Waals surface area contributed by atoms with E-state index in [9.17, 15) is 0 Å². The predicted molar refractivity (Wildman–Crippen MR) is 70.9 cm³/mol. The van der Waals surface area contributed by atoms with Crippen molar-refractivity contribution in [3.8, 4) is 11.5 Å². The highest BCUT2D eigenvalue weighted by Crippen LogP contribution is 2.29. The molecule has 0 bridgehead atoms. The lowest BCUT2D eigenvalue weighted by Gasteiger charge is -2.23. The molecule has 0 aliphatic heterocycles. The highest BCUT2D eigenvalue weighted by Gasteiger charge is 2.12. The maximum absolute atomic E-state index is 5.42. The zero-order valence-corrected chi connectivity index (χ0v) is 11.7. The van der Waals surface area contributed by atoms with Crippen LogP contribution in [0.5, 0.6) is 11.5 Å². The molecule has 0 saturated heterocycles. The number of ether oxygens (including phenoxy) is 2. The topological polar surface area (TPSA) is 21.7 Å². The molecule has 0 saturated carbocycles. The molecule has 1 aromatic carbocycles. The van der Waals surface area contributed by atoms with E-state index in [0.717, 1.165) is 29.2 Å². The van der Waals surface area contributed by atoms with Crippen molar-refractivity contribution in [1.82, 2.24) is 4.90 Å². The maximum atomic E-state index is 5.42. The summed E-state index contributed by atoms with van der Waals surface area (Å²) in [5.41, 5.74) is 2.26. The molecule has 3 heteroatoms. The van der Waals surface area contributed by atoms with Crippen LogP contribution >= 0.6 is 0 Å². The second-order valence-electron chi connectivity index (χ2n) is 4.64. The average Bonchev–Trinajstić information content (AvgIpc) is 2.30. The summed E-state index contributed by atoms with van der Waals surface area (Å²) >= 11 is 0. The maximum Gasteiger partial charge on any atom is 0.123 e. The summed E-state index contributed by atoms with van der Waals surface area (Å²) in [4.78, 5) is 2.27. The fourth-order valence-corrected chi connectivity index (χ4v) is 1.69. The largest absolute Gasteiger partial charge is 0.496 e. The fourth-order valence-electron chi connectivity index (χ4n) is 1.69. The second kappa shape index (κ2) is 5.92. The Kier molecular flexibility index (Phi) is 4.82. The van der Waals surface area contributed by atoms with Crippen molar-refractivity contribution in [3.63, 3.8) is 0 Å². The first-order valence-electron chi connectivity index (χ1n) is 5.91. The molecule has 0 fully saturated rings. The first-order valence-corrected chi connectivity index (χ1v) is 5.91. The summed E-state index contributed by atoms with van der Waals surface area (Å²) in [6.07, 6.45) is 0. The lowest BCUT2D eigenvalue weighted by molar-refractivity contribution is 0.260. The molecule has 0 spiro atoms. The molecule has 1 rings (SSSR count). The van der Waals surface area contributed by atoms with Gasteiger partial charge >= 0.3 is 0 Å². The van der Waals surface area contributed by atoms with E-state index >= 15 is 0 Å². The van der Waals surface area contributed by atoms with Crippen LogP contribution in [0.1, 0.15) is 25.0 Å². The second-order valence-corrected chi connectivity index (χ2v) is 4.64. The first-order chi connectivity index (χ1) is 7.99. The molecule has 0 aliphatic rings. The summed E-state index contributed by atoms with van der Waals surface area (Å²) in [6.45, 7) is 7.24. The van der Waals surface area contributed by atoms with Gasteiger partial charge in [0.2, 0.25) is 0 Å². The van der Waals surface area contributed by atoms with Crippen LogP contribution in [0.3, 0.4) is 0 Å². The summed E-state index contributed by atoms with van der Waals surface area (Å²) in [5.74, 6) is 1.84. The molecule has 0 aromatic heterocycles. The van der Waals surface area contributed by atoms with Gasteiger partial charge in [-0.25, -0.2) is 0 Å². The van der Waals surface area contributed by atoms with Gasteiger partial charge in [0.15, 0.2) is 0 Å². The van der Waals surface area contributed by atoms with Gasteiger partial charge < -0.3 is 9.47 Å². The van der Waals surface area contributed by atoms with Crippen LogP contribution in [0.4, 0.5) is 0 Å². The molecule has 0 aliphatic carbocycles. The number of methoxy groups -OCH3 is 2. The zero-order valence-electron chi connectivity index (χ0n) is 11.7. The van der Waals surface area contributed by atoms with Crippen molar-refractivity contribution in [2.75, 3.05) is 21.3 Å². The molecular formula is C14H23NO2. The van der Waals surface area contributed by atoms with Crippen LogP contribution in [0.25, 0.3) is 0 Å². The van der Waals surface area contributed by atoms with Crippen molar-refractivity contribution in [2.45, 2.75) is 33.4 Å². The SMILES string of the molecule is COc1cc(CN(C)C(C)C)c(OC)cc1C. The third kappa shape index (κ3) is 3.37. The third-order valence-electron chi connectivity index (χ3n) is 3.10. The average molecular weight is 237 g/mol. The monoisotopic (exact) mass is 237 g/mol. The van der Waals surface area contributed by atoms with Gasteiger partial charge in [0.25, 0.3) is 0 Å². The van der Waals surface area contributed by atoms with Crippen LogP contribution in [-0.4, -0.2) is 32.2 Å². The minimum atomic E-state index is 0.506. The molecule has 96 valence electrons. The predicted octanol–water partition coefficient (Wildman–Crippen LogP) is 2.85.